The summed E-state index contributed by atoms with van der Waals surface area (Å²) in [6.07, 6.45) is 11.2. The minimum absolute atomic E-state index is 0.215. The highest BCUT2D eigenvalue weighted by molar-refractivity contribution is 6.32. The SMILES string of the molecule is COCCOCCOCCOc1nn(C2CCC(N3CCOCC3)CC2)cc1Nc1ncc(-c2ccc(Cl)c(O[C@@H](C)Cn3cnnn3)c2)cn1. The van der Waals surface area contributed by atoms with Gasteiger partial charge in [0.05, 0.1) is 70.1 Å². The van der Waals surface area contributed by atoms with E-state index in [-0.39, 0.29) is 12.1 Å². The Balaban J connectivity index is 1.08. The predicted octanol–water partition coefficient (Wildman–Crippen LogP) is 4.07. The minimum atomic E-state index is -0.215. The van der Waals surface area contributed by atoms with E-state index in [1.807, 2.05) is 29.9 Å². The molecule has 4 heterocycles. The summed E-state index contributed by atoms with van der Waals surface area (Å²) in [6.45, 7) is 8.88. The van der Waals surface area contributed by atoms with Gasteiger partial charge in [-0.25, -0.2) is 14.6 Å². The van der Waals surface area contributed by atoms with Crippen LogP contribution in [0.4, 0.5) is 11.6 Å². The van der Waals surface area contributed by atoms with Gasteiger partial charge >= 0.3 is 0 Å². The van der Waals surface area contributed by atoms with Gasteiger partial charge in [-0.15, -0.1) is 10.2 Å². The Kier molecular flexibility index (Phi) is 13.8. The molecular formula is C34H47ClN10O6. The molecular weight excluding hydrogens is 680 g/mol. The van der Waals surface area contributed by atoms with Crippen molar-refractivity contribution in [2.75, 3.05) is 78.4 Å². The second kappa shape index (κ2) is 19.1. The third kappa shape index (κ3) is 10.8. The molecule has 1 aliphatic heterocycles. The van der Waals surface area contributed by atoms with E-state index in [0.29, 0.717) is 80.5 Å². The summed E-state index contributed by atoms with van der Waals surface area (Å²) < 4.78 is 37.6. The lowest BCUT2D eigenvalue weighted by molar-refractivity contribution is 0.00498. The average molecular weight is 727 g/mol. The van der Waals surface area contributed by atoms with E-state index in [9.17, 15) is 0 Å². The third-order valence-corrected chi connectivity index (χ3v) is 9.21. The van der Waals surface area contributed by atoms with Gasteiger partial charge in [0.2, 0.25) is 5.95 Å². The zero-order valence-corrected chi connectivity index (χ0v) is 30.0. The highest BCUT2D eigenvalue weighted by atomic mass is 35.5. The first-order chi connectivity index (χ1) is 25.1. The van der Waals surface area contributed by atoms with E-state index in [1.165, 1.54) is 0 Å². The fraction of sp³-hybridized carbons (Fsp3) is 0.588. The Labute approximate surface area is 302 Å². The molecule has 1 aromatic carbocycles. The maximum absolute atomic E-state index is 6.47. The number of anilines is 2. The van der Waals surface area contributed by atoms with Crippen LogP contribution < -0.4 is 14.8 Å². The van der Waals surface area contributed by atoms with Crippen molar-refractivity contribution in [3.63, 3.8) is 0 Å². The molecule has 3 aromatic heterocycles. The number of halogens is 1. The summed E-state index contributed by atoms with van der Waals surface area (Å²) in [5, 5.41) is 19.9. The molecule has 4 aromatic rings. The van der Waals surface area contributed by atoms with Crippen LogP contribution in [0.5, 0.6) is 11.6 Å². The Morgan fingerprint density at radius 3 is 2.39 bits per heavy atom. The van der Waals surface area contributed by atoms with Gasteiger partial charge in [-0.05, 0) is 60.7 Å². The number of rotatable bonds is 19. The zero-order valence-electron chi connectivity index (χ0n) is 29.2. The van der Waals surface area contributed by atoms with Crippen LogP contribution >= 0.6 is 11.6 Å². The fourth-order valence-corrected chi connectivity index (χ4v) is 6.43. The van der Waals surface area contributed by atoms with Crippen LogP contribution in [0.25, 0.3) is 11.1 Å². The van der Waals surface area contributed by atoms with Gasteiger partial charge in [-0.3, -0.25) is 9.58 Å². The van der Waals surface area contributed by atoms with Crippen molar-refractivity contribution in [2.45, 2.75) is 57.3 Å². The number of hydrogen-bond donors (Lipinski definition) is 1. The Morgan fingerprint density at radius 1 is 0.941 bits per heavy atom. The van der Waals surface area contributed by atoms with E-state index in [2.05, 4.69) is 35.7 Å². The van der Waals surface area contributed by atoms with Gasteiger partial charge in [0.1, 0.15) is 30.5 Å². The quantitative estimate of drug-likeness (QED) is 0.138. The van der Waals surface area contributed by atoms with Crippen molar-refractivity contribution in [1.82, 2.24) is 44.9 Å². The molecule has 1 aliphatic carbocycles. The molecule has 0 spiro atoms. The molecule has 16 nitrogen and oxygen atoms in total. The van der Waals surface area contributed by atoms with Gasteiger partial charge < -0.3 is 33.7 Å². The predicted molar refractivity (Wildman–Crippen MR) is 189 cm³/mol. The molecule has 1 atom stereocenters. The van der Waals surface area contributed by atoms with Gasteiger partial charge in [-0.1, -0.05) is 17.7 Å². The molecule has 51 heavy (non-hydrogen) atoms. The van der Waals surface area contributed by atoms with Crippen molar-refractivity contribution in [3.05, 3.63) is 48.1 Å². The fourth-order valence-electron chi connectivity index (χ4n) is 6.26. The van der Waals surface area contributed by atoms with Crippen LogP contribution in [0.2, 0.25) is 5.02 Å². The largest absolute Gasteiger partial charge is 0.487 e. The van der Waals surface area contributed by atoms with Gasteiger partial charge in [0.25, 0.3) is 5.88 Å². The minimum Gasteiger partial charge on any atom is -0.487 e. The number of aromatic nitrogens is 8. The number of nitrogens with zero attached hydrogens (tertiary/aromatic N) is 9. The Morgan fingerprint density at radius 2 is 1.67 bits per heavy atom. The van der Waals surface area contributed by atoms with Crippen molar-refractivity contribution < 1.29 is 28.4 Å². The molecule has 6 rings (SSSR count). The van der Waals surface area contributed by atoms with E-state index in [4.69, 9.17) is 45.1 Å². The topological polar surface area (TPSA) is 158 Å². The van der Waals surface area contributed by atoms with Crippen LogP contribution in [0.3, 0.4) is 0 Å². The molecule has 17 heteroatoms. The first-order valence-corrected chi connectivity index (χ1v) is 17.9. The molecule has 0 amide bonds. The van der Waals surface area contributed by atoms with Crippen LogP contribution in [-0.4, -0.2) is 130 Å². The molecule has 0 bridgehead atoms. The van der Waals surface area contributed by atoms with Crippen molar-refractivity contribution in [3.8, 4) is 22.8 Å². The normalized spacial score (nSPS) is 18.8. The Bertz CT molecular complexity index is 1600. The van der Waals surface area contributed by atoms with E-state index >= 15 is 0 Å². The number of nitrogens with one attached hydrogen (secondary N) is 1. The molecule has 2 fully saturated rings. The van der Waals surface area contributed by atoms with Crippen molar-refractivity contribution in [1.29, 1.82) is 0 Å². The summed E-state index contributed by atoms with van der Waals surface area (Å²) in [6, 6.07) is 6.46. The number of hydrogen-bond acceptors (Lipinski definition) is 14. The van der Waals surface area contributed by atoms with Crippen LogP contribution in [-0.2, 0) is 25.5 Å². The first kappa shape index (κ1) is 36.8. The second-order valence-electron chi connectivity index (χ2n) is 12.5. The van der Waals surface area contributed by atoms with Gasteiger partial charge in [0, 0.05) is 44.2 Å². The summed E-state index contributed by atoms with van der Waals surface area (Å²) in [5.74, 6) is 1.45. The third-order valence-electron chi connectivity index (χ3n) is 8.90. The lowest BCUT2D eigenvalue weighted by Crippen LogP contribution is -2.45. The summed E-state index contributed by atoms with van der Waals surface area (Å²) in [4.78, 5) is 11.8. The van der Waals surface area contributed by atoms with E-state index in [1.54, 1.807) is 36.6 Å². The number of benzene rings is 1. The number of methoxy groups -OCH3 is 1. The highest BCUT2D eigenvalue weighted by Gasteiger charge is 2.29. The summed E-state index contributed by atoms with van der Waals surface area (Å²) >= 11 is 6.47. The Hall–Kier alpha value is -3.93. The van der Waals surface area contributed by atoms with Crippen LogP contribution in [0, 0.1) is 0 Å². The smallest absolute Gasteiger partial charge is 0.257 e. The summed E-state index contributed by atoms with van der Waals surface area (Å²) in [7, 11) is 1.65. The van der Waals surface area contributed by atoms with E-state index in [0.717, 1.165) is 63.1 Å². The standard InChI is InChI=1S/C34H47ClN10O6/c1-25(22-44-24-38-41-42-44)51-32-19-26(3-8-30(32)35)27-20-36-34(37-21-27)39-31-23-45(29-6-4-28(5-7-29)43-9-11-47-12-10-43)40-33(31)50-18-17-49-16-15-48-14-13-46-2/h3,8,19-21,23-25,28-29H,4-7,9-18,22H2,1-2H3,(H,36,37,39)/t25-,28?,29?/m0/s1. The maximum Gasteiger partial charge on any atom is 0.257 e. The van der Waals surface area contributed by atoms with Crippen molar-refractivity contribution >= 4 is 23.2 Å². The monoisotopic (exact) mass is 726 g/mol. The number of morpholine rings is 1. The first-order valence-electron chi connectivity index (χ1n) is 17.5. The van der Waals surface area contributed by atoms with Crippen LogP contribution in [0.1, 0.15) is 38.6 Å². The lowest BCUT2D eigenvalue weighted by atomic mass is 9.90. The molecule has 0 unspecified atom stereocenters. The average Bonchev–Trinajstić information content (AvgIpc) is 3.82. The maximum atomic E-state index is 6.47. The van der Waals surface area contributed by atoms with Crippen molar-refractivity contribution in [2.24, 2.45) is 0 Å². The van der Waals surface area contributed by atoms with E-state index < -0.39 is 0 Å². The zero-order chi connectivity index (χ0) is 35.3. The molecule has 0 radical (unpaired) electrons. The lowest BCUT2D eigenvalue weighted by Gasteiger charge is -2.38. The van der Waals surface area contributed by atoms with Gasteiger partial charge in [-0.2, -0.15) is 0 Å². The van der Waals surface area contributed by atoms with Gasteiger partial charge in [0.15, 0.2) is 0 Å². The number of tetrazole rings is 1. The second-order valence-corrected chi connectivity index (χ2v) is 12.9. The molecule has 1 saturated heterocycles. The molecule has 1 saturated carbocycles. The number of ether oxygens (including phenoxy) is 6. The molecule has 1 N–H and O–H groups in total. The highest BCUT2D eigenvalue weighted by Crippen LogP contribution is 2.35. The van der Waals surface area contributed by atoms with Crippen LogP contribution in [0.15, 0.2) is 43.1 Å². The molecule has 2 aliphatic rings. The summed E-state index contributed by atoms with van der Waals surface area (Å²) in [5.41, 5.74) is 2.37. The molecule has 276 valence electrons.